The average molecular weight is 308 g/mol. The minimum absolute atomic E-state index is 0.0628. The molecule has 0 aliphatic rings. The van der Waals surface area contributed by atoms with E-state index < -0.39 is 0 Å². The van der Waals surface area contributed by atoms with Crippen molar-refractivity contribution in [2.75, 3.05) is 0 Å². The molecule has 0 atom stereocenters. The van der Waals surface area contributed by atoms with Crippen LogP contribution in [-0.4, -0.2) is 26.1 Å². The van der Waals surface area contributed by atoms with Crippen LogP contribution in [0.5, 0.6) is 5.88 Å². The number of nitrogens with zero attached hydrogens (tertiary/aromatic N) is 1. The molecule has 0 aliphatic heterocycles. The van der Waals surface area contributed by atoms with E-state index in [1.54, 1.807) is 29.7 Å². The van der Waals surface area contributed by atoms with Crippen LogP contribution in [-0.2, 0) is 0 Å². The van der Waals surface area contributed by atoms with E-state index in [0.29, 0.717) is 33.1 Å². The molecule has 2 aromatic heterocycles. The molecule has 0 unspecified atom stereocenters. The van der Waals surface area contributed by atoms with Crippen molar-refractivity contribution in [3.05, 3.63) is 48.0 Å². The third-order valence-corrected chi connectivity index (χ3v) is 3.69. The molecule has 7 heteroatoms. The number of para-hydroxylation sites is 2. The fourth-order valence-corrected chi connectivity index (χ4v) is 2.59. The number of hydrogen-bond donors (Lipinski definition) is 5. The normalized spacial score (nSPS) is 11.2. The summed E-state index contributed by atoms with van der Waals surface area (Å²) in [7, 11) is 0. The van der Waals surface area contributed by atoms with Gasteiger partial charge in [0.05, 0.1) is 0 Å². The van der Waals surface area contributed by atoms with Gasteiger partial charge >= 0.3 is 0 Å². The zero-order valence-corrected chi connectivity index (χ0v) is 11.8. The maximum Gasteiger partial charge on any atom is 0.233 e. The van der Waals surface area contributed by atoms with Gasteiger partial charge in [0.25, 0.3) is 0 Å². The zero-order chi connectivity index (χ0) is 16.0. The van der Waals surface area contributed by atoms with Gasteiger partial charge in [0.1, 0.15) is 16.9 Å². The van der Waals surface area contributed by atoms with Gasteiger partial charge in [-0.25, -0.2) is 4.98 Å². The van der Waals surface area contributed by atoms with E-state index in [1.165, 1.54) is 0 Å². The lowest BCUT2D eigenvalue weighted by Crippen LogP contribution is -2.18. The number of hydroxylamine groups is 1. The van der Waals surface area contributed by atoms with Crippen LogP contribution < -0.4 is 5.48 Å². The molecule has 0 bridgehead atoms. The van der Waals surface area contributed by atoms with Crippen molar-refractivity contribution < 1.29 is 14.7 Å². The van der Waals surface area contributed by atoms with Crippen molar-refractivity contribution in [1.29, 1.82) is 5.41 Å². The van der Waals surface area contributed by atoms with Crippen molar-refractivity contribution in [2.24, 2.45) is 0 Å². The Bertz CT molecular complexity index is 1020. The summed E-state index contributed by atoms with van der Waals surface area (Å²) < 4.78 is 5.72. The third kappa shape index (κ3) is 2.02. The number of aromatic amines is 1. The summed E-state index contributed by atoms with van der Waals surface area (Å²) >= 11 is 0. The average Bonchev–Trinajstić information content (AvgIpc) is 3.12. The number of amidine groups is 1. The Morgan fingerprint density at radius 3 is 2.83 bits per heavy atom. The number of rotatable bonds is 2. The van der Waals surface area contributed by atoms with E-state index in [-0.39, 0.29) is 17.6 Å². The molecule has 0 amide bonds. The van der Waals surface area contributed by atoms with E-state index in [0.717, 1.165) is 0 Å². The van der Waals surface area contributed by atoms with Crippen LogP contribution in [0.15, 0.2) is 46.9 Å². The fourth-order valence-electron chi connectivity index (χ4n) is 2.59. The highest BCUT2D eigenvalue weighted by atomic mass is 16.5. The van der Waals surface area contributed by atoms with Crippen LogP contribution in [0.2, 0.25) is 0 Å². The van der Waals surface area contributed by atoms with E-state index in [9.17, 15) is 5.11 Å². The van der Waals surface area contributed by atoms with Gasteiger partial charge in [-0.2, -0.15) is 0 Å². The van der Waals surface area contributed by atoms with Gasteiger partial charge in [-0.05, 0) is 30.3 Å². The second kappa shape index (κ2) is 4.85. The summed E-state index contributed by atoms with van der Waals surface area (Å²) in [5.41, 5.74) is 4.68. The highest BCUT2D eigenvalue weighted by Crippen LogP contribution is 2.37. The van der Waals surface area contributed by atoms with Crippen molar-refractivity contribution in [3.63, 3.8) is 0 Å². The fraction of sp³-hybridized carbons (Fsp3) is 0. The molecule has 0 fully saturated rings. The Morgan fingerprint density at radius 2 is 2.04 bits per heavy atom. The van der Waals surface area contributed by atoms with Gasteiger partial charge in [0.15, 0.2) is 5.58 Å². The van der Waals surface area contributed by atoms with E-state index in [4.69, 9.17) is 15.0 Å². The van der Waals surface area contributed by atoms with Gasteiger partial charge in [-0.3, -0.25) is 16.1 Å². The minimum Gasteiger partial charge on any atom is -0.494 e. The lowest BCUT2D eigenvalue weighted by atomic mass is 10.1. The first-order chi connectivity index (χ1) is 11.2. The minimum atomic E-state index is -0.142. The molecule has 2 heterocycles. The first kappa shape index (κ1) is 13.4. The van der Waals surface area contributed by atoms with Crippen LogP contribution in [0.25, 0.3) is 33.5 Å². The number of fused-ring (bicyclic) bond motifs is 2. The molecule has 5 N–H and O–H groups in total. The molecule has 0 saturated heterocycles. The Morgan fingerprint density at radius 1 is 1.22 bits per heavy atom. The summed E-state index contributed by atoms with van der Waals surface area (Å²) in [6.07, 6.45) is 0. The maximum atomic E-state index is 10.2. The summed E-state index contributed by atoms with van der Waals surface area (Å²) in [6, 6.07) is 12.4. The van der Waals surface area contributed by atoms with E-state index in [2.05, 4.69) is 9.97 Å². The first-order valence-corrected chi connectivity index (χ1v) is 6.87. The highest BCUT2D eigenvalue weighted by molar-refractivity contribution is 6.04. The molecule has 4 aromatic rings. The zero-order valence-electron chi connectivity index (χ0n) is 11.8. The number of aromatic hydroxyl groups is 1. The molecule has 23 heavy (non-hydrogen) atoms. The second-order valence-corrected chi connectivity index (χ2v) is 5.08. The lowest BCUT2D eigenvalue weighted by molar-refractivity contribution is 0.234. The molecular formula is C16H12N4O3. The maximum absolute atomic E-state index is 10.2. The monoisotopic (exact) mass is 308 g/mol. The Hall–Kier alpha value is -3.32. The number of aromatic nitrogens is 2. The van der Waals surface area contributed by atoms with Crippen molar-refractivity contribution in [2.45, 2.75) is 0 Å². The lowest BCUT2D eigenvalue weighted by Gasteiger charge is -2.02. The Labute approximate surface area is 129 Å². The van der Waals surface area contributed by atoms with Crippen LogP contribution >= 0.6 is 0 Å². The number of oxazole rings is 1. The number of H-pyrrole nitrogens is 1. The highest BCUT2D eigenvalue weighted by Gasteiger charge is 2.19. The Kier molecular flexibility index (Phi) is 2.82. The SMILES string of the molecule is N=C(NO)c1ccc2[nH]c(O)c(-c3nc4ccccc4o3)c2c1. The van der Waals surface area contributed by atoms with Crippen molar-refractivity contribution >= 4 is 27.8 Å². The van der Waals surface area contributed by atoms with Gasteiger partial charge in [0.2, 0.25) is 11.8 Å². The van der Waals surface area contributed by atoms with Gasteiger partial charge in [0, 0.05) is 16.5 Å². The van der Waals surface area contributed by atoms with Crippen LogP contribution in [0.4, 0.5) is 0 Å². The topological polar surface area (TPSA) is 118 Å². The van der Waals surface area contributed by atoms with Crippen LogP contribution in [0, 0.1) is 5.41 Å². The summed E-state index contributed by atoms with van der Waals surface area (Å²) in [6.45, 7) is 0. The quantitative estimate of drug-likeness (QED) is 0.222. The molecule has 2 aromatic carbocycles. The molecule has 4 rings (SSSR count). The predicted octanol–water partition coefficient (Wildman–Crippen LogP) is 2.99. The molecule has 0 aliphatic carbocycles. The van der Waals surface area contributed by atoms with E-state index >= 15 is 0 Å². The molecule has 0 spiro atoms. The van der Waals surface area contributed by atoms with Crippen molar-refractivity contribution in [3.8, 4) is 17.3 Å². The smallest absolute Gasteiger partial charge is 0.233 e. The summed E-state index contributed by atoms with van der Waals surface area (Å²) in [5.74, 6) is 0.0823. The number of nitrogens with one attached hydrogen (secondary N) is 3. The van der Waals surface area contributed by atoms with Crippen LogP contribution in [0.3, 0.4) is 0 Å². The summed E-state index contributed by atoms with van der Waals surface area (Å²) in [4.78, 5) is 7.25. The predicted molar refractivity (Wildman–Crippen MR) is 84.7 cm³/mol. The van der Waals surface area contributed by atoms with Crippen molar-refractivity contribution in [1.82, 2.24) is 15.4 Å². The Balaban J connectivity index is 1.97. The van der Waals surface area contributed by atoms with E-state index in [1.807, 2.05) is 18.2 Å². The van der Waals surface area contributed by atoms with Gasteiger partial charge in [-0.1, -0.05) is 12.1 Å². The number of benzene rings is 2. The second-order valence-electron chi connectivity index (χ2n) is 5.08. The molecule has 0 radical (unpaired) electrons. The molecule has 7 nitrogen and oxygen atoms in total. The molecule has 114 valence electrons. The van der Waals surface area contributed by atoms with Crippen LogP contribution in [0.1, 0.15) is 5.56 Å². The molecule has 0 saturated carbocycles. The number of hydrogen-bond acceptors (Lipinski definition) is 5. The largest absolute Gasteiger partial charge is 0.494 e. The van der Waals surface area contributed by atoms with Gasteiger partial charge in [-0.15, -0.1) is 0 Å². The standard InChI is InChI=1S/C16H12N4O3/c17-14(20-22)8-5-6-10-9(7-8)13(15(21)18-10)16-19-11-3-1-2-4-12(11)23-16/h1-7,18,21-22H,(H2,17,20). The molecular weight excluding hydrogens is 296 g/mol. The third-order valence-electron chi connectivity index (χ3n) is 3.69. The first-order valence-electron chi connectivity index (χ1n) is 6.87. The van der Waals surface area contributed by atoms with Gasteiger partial charge < -0.3 is 14.5 Å². The summed E-state index contributed by atoms with van der Waals surface area (Å²) in [5, 5.41) is 27.4.